The standard InChI is InChI=1S/C16H16N2O7/c1-18(7-10(19)24-2)16(23)8-5-4-6-9(12(8)20)17-11-13(21)14(22)15(11)25-3/h4-6,17,20H,7H2,1-3H3. The average Bonchev–Trinajstić information content (AvgIpc) is 2.61. The van der Waals surface area contributed by atoms with Crippen LogP contribution in [0.4, 0.5) is 11.4 Å². The van der Waals surface area contributed by atoms with Crippen molar-refractivity contribution in [1.82, 2.24) is 4.90 Å². The Morgan fingerprint density at radius 3 is 2.48 bits per heavy atom. The maximum Gasteiger partial charge on any atom is 0.325 e. The lowest BCUT2D eigenvalue weighted by Gasteiger charge is -2.18. The van der Waals surface area contributed by atoms with Gasteiger partial charge in [-0.15, -0.1) is 0 Å². The highest BCUT2D eigenvalue weighted by molar-refractivity contribution is 6.00. The summed E-state index contributed by atoms with van der Waals surface area (Å²) in [6.45, 7) is -0.293. The molecule has 0 bridgehead atoms. The van der Waals surface area contributed by atoms with Gasteiger partial charge in [-0.05, 0) is 12.1 Å². The maximum atomic E-state index is 12.3. The highest BCUT2D eigenvalue weighted by Crippen LogP contribution is 2.32. The molecule has 25 heavy (non-hydrogen) atoms. The van der Waals surface area contributed by atoms with Crippen LogP contribution in [0.1, 0.15) is 10.4 Å². The number of methoxy groups -OCH3 is 2. The van der Waals surface area contributed by atoms with E-state index in [0.717, 1.165) is 4.90 Å². The van der Waals surface area contributed by atoms with E-state index < -0.39 is 28.5 Å². The summed E-state index contributed by atoms with van der Waals surface area (Å²) in [5.41, 5.74) is -1.70. The fraction of sp³-hybridized carbons (Fsp3) is 0.250. The van der Waals surface area contributed by atoms with Crippen LogP contribution in [0.2, 0.25) is 0 Å². The Hall–Kier alpha value is -3.36. The second kappa shape index (κ2) is 7.04. The van der Waals surface area contributed by atoms with Crippen molar-refractivity contribution in [3.05, 3.63) is 44.2 Å². The number of ether oxygens (including phenoxy) is 2. The lowest BCUT2D eigenvalue weighted by atomic mass is 10.1. The second-order valence-corrected chi connectivity index (χ2v) is 5.13. The number of carbonyl (C=O) groups excluding carboxylic acids is 2. The lowest BCUT2D eigenvalue weighted by molar-refractivity contribution is -0.141. The molecule has 9 nitrogen and oxygen atoms in total. The minimum Gasteiger partial charge on any atom is -0.505 e. The van der Waals surface area contributed by atoms with E-state index in [1.54, 1.807) is 0 Å². The van der Waals surface area contributed by atoms with Crippen LogP contribution in [0.15, 0.2) is 27.8 Å². The van der Waals surface area contributed by atoms with Crippen LogP contribution >= 0.6 is 0 Å². The van der Waals surface area contributed by atoms with E-state index in [-0.39, 0.29) is 29.2 Å². The molecule has 0 radical (unpaired) electrons. The number of likely N-dealkylation sites (N-methyl/N-ethyl adjacent to an activating group) is 1. The molecule has 2 aromatic rings. The van der Waals surface area contributed by atoms with Gasteiger partial charge in [0.2, 0.25) is 0 Å². The van der Waals surface area contributed by atoms with Crippen LogP contribution in [-0.4, -0.2) is 49.7 Å². The van der Waals surface area contributed by atoms with Crippen LogP contribution in [-0.2, 0) is 9.53 Å². The first-order valence-corrected chi connectivity index (χ1v) is 7.10. The molecule has 2 N–H and O–H groups in total. The highest BCUT2D eigenvalue weighted by Gasteiger charge is 2.25. The van der Waals surface area contributed by atoms with Gasteiger partial charge in [0, 0.05) is 7.05 Å². The number of nitrogens with one attached hydrogen (secondary N) is 1. The third-order valence-corrected chi connectivity index (χ3v) is 3.54. The summed E-state index contributed by atoms with van der Waals surface area (Å²) in [5.74, 6) is -1.81. The number of esters is 1. The molecule has 0 aliphatic rings. The van der Waals surface area contributed by atoms with Crippen molar-refractivity contribution in [2.24, 2.45) is 0 Å². The normalized spacial score (nSPS) is 10.4. The van der Waals surface area contributed by atoms with Gasteiger partial charge in [0.25, 0.3) is 16.8 Å². The molecule has 0 fully saturated rings. The van der Waals surface area contributed by atoms with Gasteiger partial charge in [-0.25, -0.2) is 0 Å². The number of nitrogens with zero attached hydrogens (tertiary/aromatic N) is 1. The zero-order chi connectivity index (χ0) is 18.7. The molecule has 0 spiro atoms. The fourth-order valence-corrected chi connectivity index (χ4v) is 2.17. The molecule has 0 aliphatic carbocycles. The number of anilines is 2. The smallest absolute Gasteiger partial charge is 0.325 e. The SMILES string of the molecule is COC(=O)CN(C)C(=O)c1cccc(Nc2c(OC)c(=O)c2=O)c1O. The number of hydrogen-bond acceptors (Lipinski definition) is 8. The van der Waals surface area contributed by atoms with Gasteiger partial charge in [-0.2, -0.15) is 0 Å². The summed E-state index contributed by atoms with van der Waals surface area (Å²) in [5, 5.41) is 12.9. The maximum absolute atomic E-state index is 12.3. The summed E-state index contributed by atoms with van der Waals surface area (Å²) in [6, 6.07) is 4.25. The van der Waals surface area contributed by atoms with Gasteiger partial charge in [0.05, 0.1) is 25.5 Å². The van der Waals surface area contributed by atoms with Crippen LogP contribution < -0.4 is 20.9 Å². The van der Waals surface area contributed by atoms with Crippen molar-refractivity contribution in [3.8, 4) is 11.5 Å². The van der Waals surface area contributed by atoms with Gasteiger partial charge in [-0.3, -0.25) is 19.2 Å². The van der Waals surface area contributed by atoms with Crippen molar-refractivity contribution in [3.63, 3.8) is 0 Å². The number of rotatable bonds is 6. The number of para-hydroxylation sites is 1. The first-order chi connectivity index (χ1) is 11.8. The monoisotopic (exact) mass is 348 g/mol. The van der Waals surface area contributed by atoms with Gasteiger partial charge in [-0.1, -0.05) is 6.07 Å². The third-order valence-electron chi connectivity index (χ3n) is 3.54. The molecule has 2 aromatic carbocycles. The zero-order valence-electron chi connectivity index (χ0n) is 13.8. The van der Waals surface area contributed by atoms with E-state index in [1.165, 1.54) is 39.5 Å². The van der Waals surface area contributed by atoms with Crippen molar-refractivity contribution >= 4 is 23.3 Å². The molecule has 132 valence electrons. The van der Waals surface area contributed by atoms with Crippen LogP contribution in [0, 0.1) is 0 Å². The summed E-state index contributed by atoms with van der Waals surface area (Å²) in [6.07, 6.45) is 0. The number of phenols is 1. The minimum absolute atomic E-state index is 0.0442. The molecule has 2 rings (SSSR count). The first kappa shape index (κ1) is 18.0. The lowest BCUT2D eigenvalue weighted by Crippen LogP contribution is -2.34. The number of hydrogen-bond donors (Lipinski definition) is 2. The van der Waals surface area contributed by atoms with Crippen molar-refractivity contribution < 1.29 is 24.2 Å². The number of phenolic OH excluding ortho intramolecular Hbond substituents is 1. The molecule has 9 heteroatoms. The molecular formula is C16H16N2O7. The number of carbonyl (C=O) groups is 2. The van der Waals surface area contributed by atoms with Crippen LogP contribution in [0.3, 0.4) is 0 Å². The van der Waals surface area contributed by atoms with E-state index in [2.05, 4.69) is 10.1 Å². The third kappa shape index (κ3) is 3.30. The predicted molar refractivity (Wildman–Crippen MR) is 88.3 cm³/mol. The summed E-state index contributed by atoms with van der Waals surface area (Å²) in [4.78, 5) is 47.6. The largest absolute Gasteiger partial charge is 0.505 e. The quantitative estimate of drug-likeness (QED) is 0.424. The van der Waals surface area contributed by atoms with Gasteiger partial charge >= 0.3 is 5.97 Å². The molecular weight excluding hydrogens is 332 g/mol. The van der Waals surface area contributed by atoms with E-state index in [0.29, 0.717) is 0 Å². The van der Waals surface area contributed by atoms with Crippen LogP contribution in [0.5, 0.6) is 11.5 Å². The summed E-state index contributed by atoms with van der Waals surface area (Å²) < 4.78 is 9.29. The summed E-state index contributed by atoms with van der Waals surface area (Å²) >= 11 is 0. The van der Waals surface area contributed by atoms with Crippen molar-refractivity contribution in [2.45, 2.75) is 0 Å². The van der Waals surface area contributed by atoms with Gasteiger partial charge in [0.1, 0.15) is 12.2 Å². The van der Waals surface area contributed by atoms with Gasteiger partial charge in [0.15, 0.2) is 11.5 Å². The predicted octanol–water partition coefficient (Wildman–Crippen LogP) is -0.0146. The summed E-state index contributed by atoms with van der Waals surface area (Å²) in [7, 11) is 3.81. The van der Waals surface area contributed by atoms with Gasteiger partial charge < -0.3 is 24.8 Å². The van der Waals surface area contributed by atoms with E-state index >= 15 is 0 Å². The Balaban J connectivity index is 2.29. The zero-order valence-corrected chi connectivity index (χ0v) is 13.8. The number of amides is 1. The van der Waals surface area contributed by atoms with E-state index in [4.69, 9.17) is 4.74 Å². The second-order valence-electron chi connectivity index (χ2n) is 5.13. The minimum atomic E-state index is -0.782. The fourth-order valence-electron chi connectivity index (χ4n) is 2.17. The van der Waals surface area contributed by atoms with Crippen LogP contribution in [0.25, 0.3) is 0 Å². The molecule has 0 unspecified atom stereocenters. The molecule has 1 amide bonds. The molecule has 0 atom stereocenters. The molecule has 0 saturated carbocycles. The Kier molecular flexibility index (Phi) is 5.06. The van der Waals surface area contributed by atoms with Crippen molar-refractivity contribution in [2.75, 3.05) is 33.1 Å². The Morgan fingerprint density at radius 1 is 1.20 bits per heavy atom. The molecule has 0 aromatic heterocycles. The number of aromatic hydroxyl groups is 1. The average molecular weight is 348 g/mol. The highest BCUT2D eigenvalue weighted by atomic mass is 16.5. The van der Waals surface area contributed by atoms with E-state index in [1.807, 2.05) is 0 Å². The Labute approximate surface area is 142 Å². The Bertz CT molecular complexity index is 896. The first-order valence-electron chi connectivity index (χ1n) is 7.10. The van der Waals surface area contributed by atoms with E-state index in [9.17, 15) is 24.3 Å². The number of benzene rings is 1. The topological polar surface area (TPSA) is 122 Å². The van der Waals surface area contributed by atoms with Crippen molar-refractivity contribution in [1.29, 1.82) is 0 Å². The molecule has 0 heterocycles. The molecule has 0 aliphatic heterocycles. The Morgan fingerprint density at radius 2 is 1.88 bits per heavy atom. The molecule has 0 saturated heterocycles.